The second-order valence-corrected chi connectivity index (χ2v) is 11.7. The van der Waals surface area contributed by atoms with E-state index in [4.69, 9.17) is 9.47 Å². The quantitative estimate of drug-likeness (QED) is 0.567. The average Bonchev–Trinajstić information content (AvgIpc) is 3.44. The Hall–Kier alpha value is -2.46. The smallest absolute Gasteiger partial charge is 0.243 e. The molecule has 8 nitrogen and oxygen atoms in total. The molecule has 1 amide bonds. The first-order chi connectivity index (χ1) is 17.4. The van der Waals surface area contributed by atoms with Gasteiger partial charge in [-0.15, -0.1) is 0 Å². The van der Waals surface area contributed by atoms with Gasteiger partial charge in [-0.2, -0.15) is 4.31 Å². The van der Waals surface area contributed by atoms with Gasteiger partial charge in [0, 0.05) is 32.2 Å². The summed E-state index contributed by atoms with van der Waals surface area (Å²) in [5.74, 6) is 0.127. The second kappa shape index (κ2) is 10.9. The average molecular weight is 514 g/mol. The van der Waals surface area contributed by atoms with Gasteiger partial charge in [-0.3, -0.25) is 4.79 Å². The van der Waals surface area contributed by atoms with Crippen molar-refractivity contribution in [3.63, 3.8) is 0 Å². The summed E-state index contributed by atoms with van der Waals surface area (Å²) in [5, 5.41) is 0. The van der Waals surface area contributed by atoms with Crippen molar-refractivity contribution in [2.45, 2.75) is 36.1 Å². The summed E-state index contributed by atoms with van der Waals surface area (Å²) in [4.78, 5) is 18.5. The molecule has 0 spiro atoms. The lowest BCUT2D eigenvalue weighted by atomic mass is 9.91. The zero-order valence-corrected chi connectivity index (χ0v) is 21.7. The van der Waals surface area contributed by atoms with Crippen LogP contribution in [-0.4, -0.2) is 88.0 Å². The largest absolute Gasteiger partial charge is 0.493 e. The molecule has 2 atom stereocenters. The van der Waals surface area contributed by atoms with Gasteiger partial charge in [-0.25, -0.2) is 8.42 Å². The number of carbonyl (C=O) groups is 1. The molecule has 5 rings (SSSR count). The van der Waals surface area contributed by atoms with Crippen LogP contribution in [-0.2, 0) is 19.6 Å². The Morgan fingerprint density at radius 1 is 1.03 bits per heavy atom. The number of likely N-dealkylation sites (tertiary alicyclic amines) is 1. The molecule has 0 saturated carbocycles. The fourth-order valence-corrected chi connectivity index (χ4v) is 6.91. The van der Waals surface area contributed by atoms with Crippen molar-refractivity contribution < 1.29 is 22.7 Å². The normalized spacial score (nSPS) is 22.0. The number of hydrogen-bond acceptors (Lipinski definition) is 6. The summed E-state index contributed by atoms with van der Waals surface area (Å²) >= 11 is 0. The SMILES string of the molecule is CN(C(=O)C1CCOc2ccc(S(=O)(=O)N3CCOCC3)cc21)C(CN1CCCC1)c1ccccc1. The molecule has 36 heavy (non-hydrogen) atoms. The minimum Gasteiger partial charge on any atom is -0.493 e. The number of amides is 1. The monoisotopic (exact) mass is 513 g/mol. The van der Waals surface area contributed by atoms with Gasteiger partial charge in [0.05, 0.1) is 36.7 Å². The number of fused-ring (bicyclic) bond motifs is 1. The van der Waals surface area contributed by atoms with Crippen molar-refractivity contribution in [3.05, 3.63) is 59.7 Å². The summed E-state index contributed by atoms with van der Waals surface area (Å²) < 4.78 is 39.2. The summed E-state index contributed by atoms with van der Waals surface area (Å²) in [6.07, 6.45) is 2.89. The van der Waals surface area contributed by atoms with Crippen molar-refractivity contribution in [1.82, 2.24) is 14.1 Å². The van der Waals surface area contributed by atoms with Crippen LogP contribution in [0, 0.1) is 0 Å². The van der Waals surface area contributed by atoms with Gasteiger partial charge in [-0.1, -0.05) is 30.3 Å². The van der Waals surface area contributed by atoms with Crippen LogP contribution in [0.25, 0.3) is 0 Å². The van der Waals surface area contributed by atoms with Gasteiger partial charge >= 0.3 is 0 Å². The molecule has 2 aromatic rings. The predicted octanol–water partition coefficient (Wildman–Crippen LogP) is 2.87. The molecule has 3 aliphatic heterocycles. The summed E-state index contributed by atoms with van der Waals surface area (Å²) in [5.41, 5.74) is 1.76. The zero-order chi connectivity index (χ0) is 25.1. The van der Waals surface area contributed by atoms with Crippen LogP contribution in [0.1, 0.15) is 42.3 Å². The van der Waals surface area contributed by atoms with E-state index in [0.29, 0.717) is 50.6 Å². The maximum absolute atomic E-state index is 14.0. The highest BCUT2D eigenvalue weighted by molar-refractivity contribution is 7.89. The van der Waals surface area contributed by atoms with Crippen LogP contribution in [0.2, 0.25) is 0 Å². The molecule has 194 valence electrons. The maximum atomic E-state index is 14.0. The van der Waals surface area contributed by atoms with Crippen molar-refractivity contribution in [2.24, 2.45) is 0 Å². The van der Waals surface area contributed by atoms with Crippen molar-refractivity contribution >= 4 is 15.9 Å². The Bertz CT molecular complexity index is 1160. The highest BCUT2D eigenvalue weighted by Gasteiger charge is 2.36. The van der Waals surface area contributed by atoms with Crippen molar-refractivity contribution in [1.29, 1.82) is 0 Å². The van der Waals surface area contributed by atoms with Crippen LogP contribution in [0.4, 0.5) is 0 Å². The van der Waals surface area contributed by atoms with Gasteiger partial charge in [-0.05, 0) is 56.1 Å². The number of hydrogen-bond donors (Lipinski definition) is 0. The number of ether oxygens (including phenoxy) is 2. The molecule has 2 fully saturated rings. The van der Waals surface area contributed by atoms with E-state index in [1.54, 1.807) is 18.2 Å². The maximum Gasteiger partial charge on any atom is 0.243 e. The standard InChI is InChI=1S/C27H35N3O5S/c1-28(25(20-29-12-5-6-13-29)21-7-3-2-4-8-21)27(31)23-11-16-35-26-10-9-22(19-24(23)26)36(32,33)30-14-17-34-18-15-30/h2-4,7-10,19,23,25H,5-6,11-18,20H2,1H3. The van der Waals surface area contributed by atoms with Crippen LogP contribution in [0.15, 0.2) is 53.4 Å². The van der Waals surface area contributed by atoms with Crippen LogP contribution < -0.4 is 4.74 Å². The molecular weight excluding hydrogens is 478 g/mol. The first kappa shape index (κ1) is 25.2. The Morgan fingerprint density at radius 2 is 1.75 bits per heavy atom. The number of nitrogens with zero attached hydrogens (tertiary/aromatic N) is 3. The molecule has 2 unspecified atom stereocenters. The van der Waals surface area contributed by atoms with Crippen molar-refractivity contribution in [3.8, 4) is 5.75 Å². The minimum absolute atomic E-state index is 0.00600. The molecular formula is C27H35N3O5S. The number of carbonyl (C=O) groups excluding carboxylic acids is 1. The molecule has 0 aliphatic carbocycles. The van der Waals surface area contributed by atoms with Crippen LogP contribution in [0.5, 0.6) is 5.75 Å². The topological polar surface area (TPSA) is 79.4 Å². The van der Waals surface area contributed by atoms with Crippen LogP contribution >= 0.6 is 0 Å². The lowest BCUT2D eigenvalue weighted by molar-refractivity contribution is -0.134. The lowest BCUT2D eigenvalue weighted by Crippen LogP contribution is -2.42. The molecule has 0 bridgehead atoms. The Morgan fingerprint density at radius 3 is 2.47 bits per heavy atom. The van der Waals surface area contributed by atoms with Gasteiger partial charge in [0.2, 0.25) is 15.9 Å². The molecule has 9 heteroatoms. The Balaban J connectivity index is 1.43. The first-order valence-corrected chi connectivity index (χ1v) is 14.3. The second-order valence-electron chi connectivity index (χ2n) is 9.79. The molecule has 3 aliphatic rings. The zero-order valence-electron chi connectivity index (χ0n) is 20.8. The van der Waals surface area contributed by atoms with Crippen molar-refractivity contribution in [2.75, 3.05) is 59.6 Å². The van der Waals surface area contributed by atoms with E-state index in [1.807, 2.05) is 30.1 Å². The highest BCUT2D eigenvalue weighted by Crippen LogP contribution is 2.38. The number of rotatable bonds is 7. The van der Waals surface area contributed by atoms with Gasteiger partial charge in [0.1, 0.15) is 5.75 Å². The van der Waals surface area contributed by atoms with E-state index < -0.39 is 15.9 Å². The lowest BCUT2D eigenvalue weighted by Gasteiger charge is -2.36. The molecule has 0 aromatic heterocycles. The Kier molecular flexibility index (Phi) is 7.62. The summed E-state index contributed by atoms with van der Waals surface area (Å²) in [7, 11) is -1.80. The predicted molar refractivity (Wildman–Crippen MR) is 136 cm³/mol. The van der Waals surface area contributed by atoms with E-state index in [-0.39, 0.29) is 16.8 Å². The molecule has 2 aromatic carbocycles. The Labute approximate surface area is 213 Å². The fraction of sp³-hybridized carbons (Fsp3) is 0.519. The fourth-order valence-electron chi connectivity index (χ4n) is 5.46. The first-order valence-electron chi connectivity index (χ1n) is 12.8. The van der Waals surface area contributed by atoms with Gasteiger partial charge in [0.25, 0.3) is 0 Å². The minimum atomic E-state index is -3.67. The van der Waals surface area contributed by atoms with Gasteiger partial charge < -0.3 is 19.3 Å². The van der Waals surface area contributed by atoms with Gasteiger partial charge in [0.15, 0.2) is 0 Å². The highest BCUT2D eigenvalue weighted by atomic mass is 32.2. The van der Waals surface area contributed by atoms with E-state index >= 15 is 0 Å². The molecule has 0 N–H and O–H groups in total. The number of benzene rings is 2. The van der Waals surface area contributed by atoms with E-state index in [9.17, 15) is 13.2 Å². The summed E-state index contributed by atoms with van der Waals surface area (Å²) in [6, 6.07) is 15.0. The number of morpholine rings is 1. The van der Waals surface area contributed by atoms with E-state index in [1.165, 1.54) is 17.1 Å². The van der Waals surface area contributed by atoms with Crippen LogP contribution in [0.3, 0.4) is 0 Å². The van der Waals surface area contributed by atoms with E-state index in [2.05, 4.69) is 17.0 Å². The van der Waals surface area contributed by atoms with E-state index in [0.717, 1.165) is 25.2 Å². The molecule has 2 saturated heterocycles. The third-order valence-electron chi connectivity index (χ3n) is 7.56. The number of sulfonamides is 1. The summed E-state index contributed by atoms with van der Waals surface area (Å²) in [6.45, 7) is 4.74. The molecule has 3 heterocycles. The third kappa shape index (κ3) is 5.16. The molecule has 0 radical (unpaired) electrons. The third-order valence-corrected chi connectivity index (χ3v) is 9.45. The number of likely N-dealkylation sites (N-methyl/N-ethyl adjacent to an activating group) is 1.